The largest absolute Gasteiger partial charge is 0.295 e. The minimum Gasteiger partial charge on any atom is -0.295 e. The summed E-state index contributed by atoms with van der Waals surface area (Å²) in [7, 11) is 1.73. The molecule has 0 saturated heterocycles. The van der Waals surface area contributed by atoms with Crippen molar-refractivity contribution in [2.45, 2.75) is 6.42 Å². The van der Waals surface area contributed by atoms with E-state index in [1.165, 1.54) is 15.8 Å². The van der Waals surface area contributed by atoms with Crippen LogP contribution in [0.4, 0.5) is 0 Å². The van der Waals surface area contributed by atoms with Gasteiger partial charge in [0.25, 0.3) is 5.56 Å². The predicted molar refractivity (Wildman–Crippen MR) is 70.6 cm³/mol. The minimum atomic E-state index is 0.0143. The molecule has 1 aromatic carbocycles. The minimum absolute atomic E-state index is 0.0143. The van der Waals surface area contributed by atoms with E-state index < -0.39 is 0 Å². The van der Waals surface area contributed by atoms with Gasteiger partial charge in [-0.05, 0) is 41.8 Å². The van der Waals surface area contributed by atoms with Gasteiger partial charge in [-0.25, -0.2) is 0 Å². The SMILES string of the molecule is Cn1[nH]c2cc(Cc3ccncc3)ccc2c1=O. The summed E-state index contributed by atoms with van der Waals surface area (Å²) in [6, 6.07) is 9.90. The van der Waals surface area contributed by atoms with E-state index in [2.05, 4.69) is 10.1 Å². The standard InChI is InChI=1S/C14H13N3O/c1-17-14(18)12-3-2-11(9-13(12)16-17)8-10-4-6-15-7-5-10/h2-7,9,16H,8H2,1H3. The van der Waals surface area contributed by atoms with Crippen LogP contribution in [0.3, 0.4) is 0 Å². The maximum absolute atomic E-state index is 11.7. The zero-order valence-electron chi connectivity index (χ0n) is 10.1. The molecule has 0 aliphatic carbocycles. The van der Waals surface area contributed by atoms with Crippen molar-refractivity contribution in [2.75, 3.05) is 0 Å². The Morgan fingerprint density at radius 3 is 2.72 bits per heavy atom. The average molecular weight is 239 g/mol. The number of aromatic amines is 1. The van der Waals surface area contributed by atoms with E-state index in [9.17, 15) is 4.79 Å². The maximum atomic E-state index is 11.7. The van der Waals surface area contributed by atoms with Gasteiger partial charge in [-0.2, -0.15) is 0 Å². The zero-order valence-corrected chi connectivity index (χ0v) is 10.1. The summed E-state index contributed by atoms with van der Waals surface area (Å²) in [5.74, 6) is 0. The highest BCUT2D eigenvalue weighted by Gasteiger charge is 2.04. The smallest absolute Gasteiger partial charge is 0.274 e. The Morgan fingerprint density at radius 1 is 1.17 bits per heavy atom. The van der Waals surface area contributed by atoms with Crippen molar-refractivity contribution in [1.29, 1.82) is 0 Å². The molecule has 0 unspecified atom stereocenters. The van der Waals surface area contributed by atoms with Crippen molar-refractivity contribution in [3.05, 3.63) is 64.2 Å². The van der Waals surface area contributed by atoms with Crippen LogP contribution in [0.2, 0.25) is 0 Å². The summed E-state index contributed by atoms with van der Waals surface area (Å²) < 4.78 is 1.50. The fraction of sp³-hybridized carbons (Fsp3) is 0.143. The Bertz CT molecular complexity index is 741. The van der Waals surface area contributed by atoms with Gasteiger partial charge < -0.3 is 0 Å². The monoisotopic (exact) mass is 239 g/mol. The van der Waals surface area contributed by atoms with Gasteiger partial charge in [-0.3, -0.25) is 19.6 Å². The summed E-state index contributed by atoms with van der Waals surface area (Å²) in [5, 5.41) is 3.78. The predicted octanol–water partition coefficient (Wildman–Crippen LogP) is 1.85. The second kappa shape index (κ2) is 4.14. The number of fused-ring (bicyclic) bond motifs is 1. The molecule has 3 rings (SSSR count). The van der Waals surface area contributed by atoms with Gasteiger partial charge in [0, 0.05) is 19.4 Å². The lowest BCUT2D eigenvalue weighted by Crippen LogP contribution is -2.10. The summed E-state index contributed by atoms with van der Waals surface area (Å²) in [5.41, 5.74) is 3.28. The van der Waals surface area contributed by atoms with E-state index in [4.69, 9.17) is 0 Å². The molecule has 4 heteroatoms. The van der Waals surface area contributed by atoms with Crippen LogP contribution in [0, 0.1) is 0 Å². The number of H-pyrrole nitrogens is 1. The van der Waals surface area contributed by atoms with Crippen LogP contribution in [-0.4, -0.2) is 14.8 Å². The second-order valence-corrected chi connectivity index (χ2v) is 4.39. The van der Waals surface area contributed by atoms with Crippen molar-refractivity contribution < 1.29 is 0 Å². The van der Waals surface area contributed by atoms with E-state index >= 15 is 0 Å². The topological polar surface area (TPSA) is 50.7 Å². The third-order valence-corrected chi connectivity index (χ3v) is 3.06. The lowest BCUT2D eigenvalue weighted by molar-refractivity contribution is 0.751. The highest BCUT2D eigenvalue weighted by atomic mass is 16.1. The molecule has 3 aromatic rings. The van der Waals surface area contributed by atoms with E-state index in [0.717, 1.165) is 17.3 Å². The van der Waals surface area contributed by atoms with Crippen molar-refractivity contribution in [3.63, 3.8) is 0 Å². The quantitative estimate of drug-likeness (QED) is 0.742. The first-order valence-corrected chi connectivity index (χ1v) is 5.80. The molecule has 4 nitrogen and oxygen atoms in total. The van der Waals surface area contributed by atoms with Crippen LogP contribution in [0.15, 0.2) is 47.5 Å². The first-order valence-electron chi connectivity index (χ1n) is 5.80. The Balaban J connectivity index is 2.01. The van der Waals surface area contributed by atoms with Crippen molar-refractivity contribution in [3.8, 4) is 0 Å². The molecule has 0 radical (unpaired) electrons. The lowest BCUT2D eigenvalue weighted by atomic mass is 10.1. The molecule has 0 bridgehead atoms. The normalized spacial score (nSPS) is 10.9. The van der Waals surface area contributed by atoms with E-state index in [1.54, 1.807) is 19.4 Å². The van der Waals surface area contributed by atoms with Gasteiger partial charge in [-0.1, -0.05) is 6.07 Å². The molecule has 0 fully saturated rings. The fourth-order valence-electron chi connectivity index (χ4n) is 2.13. The first-order chi connectivity index (χ1) is 8.74. The van der Waals surface area contributed by atoms with Crippen molar-refractivity contribution >= 4 is 10.9 Å². The molecule has 2 aromatic heterocycles. The molecule has 90 valence electrons. The van der Waals surface area contributed by atoms with E-state index in [1.807, 2.05) is 30.3 Å². The molecular weight excluding hydrogens is 226 g/mol. The zero-order chi connectivity index (χ0) is 12.5. The van der Waals surface area contributed by atoms with Crippen LogP contribution >= 0.6 is 0 Å². The fourth-order valence-corrected chi connectivity index (χ4v) is 2.13. The van der Waals surface area contributed by atoms with Gasteiger partial charge in [0.05, 0.1) is 10.9 Å². The van der Waals surface area contributed by atoms with Crippen LogP contribution in [0.25, 0.3) is 10.9 Å². The highest BCUT2D eigenvalue weighted by molar-refractivity contribution is 5.78. The number of nitrogens with zero attached hydrogens (tertiary/aromatic N) is 2. The Labute approximate surface area is 104 Å². The van der Waals surface area contributed by atoms with Crippen LogP contribution in [-0.2, 0) is 13.5 Å². The Kier molecular flexibility index (Phi) is 2.48. The van der Waals surface area contributed by atoms with Gasteiger partial charge in [-0.15, -0.1) is 0 Å². The maximum Gasteiger partial charge on any atom is 0.274 e. The molecular formula is C14H13N3O. The number of nitrogens with one attached hydrogen (secondary N) is 1. The molecule has 18 heavy (non-hydrogen) atoms. The van der Waals surface area contributed by atoms with Crippen LogP contribution in [0.5, 0.6) is 0 Å². The van der Waals surface area contributed by atoms with E-state index in [0.29, 0.717) is 0 Å². The number of hydrogen-bond donors (Lipinski definition) is 1. The van der Waals surface area contributed by atoms with Gasteiger partial charge in [0.15, 0.2) is 0 Å². The molecule has 0 saturated carbocycles. The number of aryl methyl sites for hydroxylation is 1. The molecule has 0 atom stereocenters. The highest BCUT2D eigenvalue weighted by Crippen LogP contribution is 2.14. The molecule has 0 aliphatic heterocycles. The first kappa shape index (κ1) is 10.8. The Hall–Kier alpha value is -2.36. The summed E-state index contributed by atoms with van der Waals surface area (Å²) in [6.07, 6.45) is 4.42. The third-order valence-electron chi connectivity index (χ3n) is 3.06. The van der Waals surface area contributed by atoms with Crippen LogP contribution in [0.1, 0.15) is 11.1 Å². The van der Waals surface area contributed by atoms with Gasteiger partial charge >= 0.3 is 0 Å². The number of benzene rings is 1. The summed E-state index contributed by atoms with van der Waals surface area (Å²) >= 11 is 0. The van der Waals surface area contributed by atoms with Crippen molar-refractivity contribution in [2.24, 2.45) is 7.05 Å². The summed E-state index contributed by atoms with van der Waals surface area (Å²) in [6.45, 7) is 0. The Morgan fingerprint density at radius 2 is 1.94 bits per heavy atom. The van der Waals surface area contributed by atoms with Gasteiger partial charge in [0.1, 0.15) is 0 Å². The summed E-state index contributed by atoms with van der Waals surface area (Å²) in [4.78, 5) is 15.7. The number of hydrogen-bond acceptors (Lipinski definition) is 2. The van der Waals surface area contributed by atoms with E-state index in [-0.39, 0.29) is 5.56 Å². The van der Waals surface area contributed by atoms with Gasteiger partial charge in [0.2, 0.25) is 0 Å². The lowest BCUT2D eigenvalue weighted by Gasteiger charge is -2.01. The average Bonchev–Trinajstić information content (AvgIpc) is 2.66. The molecule has 2 heterocycles. The molecule has 0 spiro atoms. The molecule has 0 aliphatic rings. The molecule has 0 amide bonds. The third kappa shape index (κ3) is 1.82. The molecule has 1 N–H and O–H groups in total. The number of aromatic nitrogens is 3. The second-order valence-electron chi connectivity index (χ2n) is 4.39. The van der Waals surface area contributed by atoms with Crippen LogP contribution < -0.4 is 5.56 Å². The number of pyridine rings is 1. The number of rotatable bonds is 2. The van der Waals surface area contributed by atoms with Crippen molar-refractivity contribution in [1.82, 2.24) is 14.8 Å².